The second kappa shape index (κ2) is 11.7. The number of nitrogens with zero attached hydrogens (tertiary/aromatic N) is 3. The molecule has 0 saturated carbocycles. The zero-order valence-corrected chi connectivity index (χ0v) is 18.9. The van der Waals surface area contributed by atoms with Gasteiger partial charge in [-0.1, -0.05) is 60.7 Å². The summed E-state index contributed by atoms with van der Waals surface area (Å²) >= 11 is 0. The average molecular weight is 443 g/mol. The van der Waals surface area contributed by atoms with E-state index in [-0.39, 0.29) is 0 Å². The molecule has 3 N–H and O–H groups in total. The molecule has 2 aromatic carbocycles. The highest BCUT2D eigenvalue weighted by Gasteiger charge is 2.13. The Kier molecular flexibility index (Phi) is 7.89. The number of aromatic amines is 1. The number of guanidine groups is 1. The molecule has 1 unspecified atom stereocenters. The number of hydrogen-bond acceptors (Lipinski definition) is 4. The molecule has 2 aromatic heterocycles. The molecule has 1 atom stereocenters. The summed E-state index contributed by atoms with van der Waals surface area (Å²) in [5, 5.41) is 14.0. The third-order valence-electron chi connectivity index (χ3n) is 5.34. The van der Waals surface area contributed by atoms with Crippen LogP contribution in [0.3, 0.4) is 0 Å². The molecule has 4 aromatic rings. The Hall–Kier alpha value is -3.87. The van der Waals surface area contributed by atoms with Gasteiger partial charge in [-0.15, -0.1) is 0 Å². The fraction of sp³-hybridized carbons (Fsp3) is 0.269. The lowest BCUT2D eigenvalue weighted by molar-refractivity contribution is 0.577. The normalized spacial score (nSPS) is 12.5. The van der Waals surface area contributed by atoms with Crippen LogP contribution in [0.2, 0.25) is 0 Å². The molecule has 0 amide bonds. The quantitative estimate of drug-likeness (QED) is 0.253. The van der Waals surface area contributed by atoms with Gasteiger partial charge in [0.25, 0.3) is 0 Å². The Morgan fingerprint density at radius 1 is 1.00 bits per heavy atom. The fourth-order valence-corrected chi connectivity index (χ4v) is 3.68. The molecule has 0 fully saturated rings. The summed E-state index contributed by atoms with van der Waals surface area (Å²) in [6.07, 6.45) is 3.26. The van der Waals surface area contributed by atoms with E-state index in [4.69, 9.17) is 9.41 Å². The smallest absolute Gasteiger partial charge is 0.216 e. The van der Waals surface area contributed by atoms with Crippen molar-refractivity contribution in [1.29, 1.82) is 0 Å². The molecule has 0 saturated heterocycles. The molecule has 0 aliphatic heterocycles. The van der Waals surface area contributed by atoms with Crippen molar-refractivity contribution in [3.05, 3.63) is 96.0 Å². The summed E-state index contributed by atoms with van der Waals surface area (Å²) in [6, 6.07) is 24.9. The molecule has 4 rings (SSSR count). The van der Waals surface area contributed by atoms with Gasteiger partial charge >= 0.3 is 0 Å². The van der Waals surface area contributed by atoms with Gasteiger partial charge in [0.2, 0.25) is 5.82 Å². The first-order chi connectivity index (χ1) is 16.3. The molecule has 0 bridgehead atoms. The van der Waals surface area contributed by atoms with Crippen molar-refractivity contribution < 1.29 is 4.42 Å². The van der Waals surface area contributed by atoms with Crippen LogP contribution in [0.15, 0.2) is 88.5 Å². The molecular formula is C26H30N6O. The van der Waals surface area contributed by atoms with Crippen LogP contribution >= 0.6 is 0 Å². The van der Waals surface area contributed by atoms with Gasteiger partial charge < -0.3 is 15.1 Å². The Morgan fingerprint density at radius 2 is 1.79 bits per heavy atom. The van der Waals surface area contributed by atoms with Gasteiger partial charge in [0.15, 0.2) is 11.7 Å². The zero-order chi connectivity index (χ0) is 22.7. The first-order valence-corrected chi connectivity index (χ1v) is 11.4. The molecule has 7 nitrogen and oxygen atoms in total. The third-order valence-corrected chi connectivity index (χ3v) is 5.34. The predicted octanol–water partition coefficient (Wildman–Crippen LogP) is 4.19. The predicted molar refractivity (Wildman–Crippen MR) is 131 cm³/mol. The molecule has 33 heavy (non-hydrogen) atoms. The fourth-order valence-electron chi connectivity index (χ4n) is 3.68. The van der Waals surface area contributed by atoms with Crippen molar-refractivity contribution >= 4 is 5.96 Å². The second-order valence-electron chi connectivity index (χ2n) is 7.78. The maximum atomic E-state index is 5.35. The van der Waals surface area contributed by atoms with E-state index in [0.717, 1.165) is 24.7 Å². The molecule has 0 aliphatic carbocycles. The van der Waals surface area contributed by atoms with Crippen molar-refractivity contribution in [2.45, 2.75) is 25.7 Å². The second-order valence-corrected chi connectivity index (χ2v) is 7.78. The van der Waals surface area contributed by atoms with Crippen LogP contribution in [-0.2, 0) is 12.8 Å². The summed E-state index contributed by atoms with van der Waals surface area (Å²) in [6.45, 7) is 4.25. The lowest BCUT2D eigenvalue weighted by Gasteiger charge is -2.17. The minimum atomic E-state index is 0.300. The minimum Gasteiger partial charge on any atom is -0.461 e. The van der Waals surface area contributed by atoms with Crippen molar-refractivity contribution in [3.8, 4) is 11.6 Å². The first-order valence-electron chi connectivity index (χ1n) is 11.4. The molecule has 170 valence electrons. The van der Waals surface area contributed by atoms with Gasteiger partial charge in [-0.05, 0) is 36.6 Å². The standard InChI is InChI=1S/C26H30N6O/c1-2-27-26(28-16-15-24-30-25(32-31-24)23-14-9-17-33-23)29-19-22(21-12-7-4-8-13-21)18-20-10-5-3-6-11-20/h3-14,17,22H,2,15-16,18-19H2,1H3,(H2,27,28,29)(H,30,31,32). The summed E-state index contributed by atoms with van der Waals surface area (Å²) in [5.74, 6) is 3.13. The number of rotatable bonds is 10. The molecule has 0 radical (unpaired) electrons. The van der Waals surface area contributed by atoms with Crippen LogP contribution in [0, 0.1) is 0 Å². The van der Waals surface area contributed by atoms with Gasteiger partial charge in [0, 0.05) is 32.0 Å². The third kappa shape index (κ3) is 6.55. The van der Waals surface area contributed by atoms with Crippen molar-refractivity contribution in [2.24, 2.45) is 4.99 Å². The number of benzene rings is 2. The summed E-state index contributed by atoms with van der Waals surface area (Å²) < 4.78 is 5.35. The molecule has 7 heteroatoms. The van der Waals surface area contributed by atoms with Crippen molar-refractivity contribution in [2.75, 3.05) is 19.6 Å². The van der Waals surface area contributed by atoms with Crippen LogP contribution in [0.25, 0.3) is 11.6 Å². The van der Waals surface area contributed by atoms with Gasteiger partial charge in [-0.2, -0.15) is 5.10 Å². The van der Waals surface area contributed by atoms with Crippen LogP contribution < -0.4 is 10.6 Å². The van der Waals surface area contributed by atoms with E-state index in [1.54, 1.807) is 6.26 Å². The summed E-state index contributed by atoms with van der Waals surface area (Å²) in [4.78, 5) is 9.39. The van der Waals surface area contributed by atoms with E-state index in [0.29, 0.717) is 37.0 Å². The van der Waals surface area contributed by atoms with Crippen molar-refractivity contribution in [1.82, 2.24) is 25.8 Å². The number of H-pyrrole nitrogens is 1. The Labute approximate surface area is 194 Å². The number of furan rings is 1. The highest BCUT2D eigenvalue weighted by atomic mass is 16.3. The SMILES string of the molecule is CCNC(=NCC(Cc1ccccc1)c1ccccc1)NCCc1nc(-c2ccco2)n[nH]1. The summed E-state index contributed by atoms with van der Waals surface area (Å²) in [5.41, 5.74) is 2.62. The van der Waals surface area contributed by atoms with Gasteiger partial charge in [0.05, 0.1) is 6.26 Å². The minimum absolute atomic E-state index is 0.300. The zero-order valence-electron chi connectivity index (χ0n) is 18.9. The maximum absolute atomic E-state index is 5.35. The van der Waals surface area contributed by atoms with E-state index < -0.39 is 0 Å². The van der Waals surface area contributed by atoms with Crippen LogP contribution in [-0.4, -0.2) is 40.8 Å². The summed E-state index contributed by atoms with van der Waals surface area (Å²) in [7, 11) is 0. The first kappa shape index (κ1) is 22.3. The lowest BCUT2D eigenvalue weighted by atomic mass is 9.92. The number of nitrogens with one attached hydrogen (secondary N) is 3. The van der Waals surface area contributed by atoms with Gasteiger partial charge in [-0.25, -0.2) is 4.98 Å². The Bertz CT molecular complexity index is 1110. The van der Waals surface area contributed by atoms with Crippen molar-refractivity contribution in [3.63, 3.8) is 0 Å². The van der Waals surface area contributed by atoms with Gasteiger partial charge in [-0.3, -0.25) is 10.1 Å². The highest BCUT2D eigenvalue weighted by Crippen LogP contribution is 2.21. The van der Waals surface area contributed by atoms with Crippen LogP contribution in [0.1, 0.15) is 29.8 Å². The Balaban J connectivity index is 1.38. The maximum Gasteiger partial charge on any atom is 0.216 e. The number of aliphatic imine (C=N–C) groups is 1. The van der Waals surface area contributed by atoms with E-state index in [9.17, 15) is 0 Å². The number of aromatic nitrogens is 3. The molecule has 0 aliphatic rings. The lowest BCUT2D eigenvalue weighted by Crippen LogP contribution is -2.38. The van der Waals surface area contributed by atoms with E-state index >= 15 is 0 Å². The largest absolute Gasteiger partial charge is 0.461 e. The van der Waals surface area contributed by atoms with E-state index in [2.05, 4.69) is 93.4 Å². The topological polar surface area (TPSA) is 91.1 Å². The highest BCUT2D eigenvalue weighted by molar-refractivity contribution is 5.79. The average Bonchev–Trinajstić information content (AvgIpc) is 3.55. The van der Waals surface area contributed by atoms with E-state index in [1.807, 2.05) is 12.1 Å². The van der Waals surface area contributed by atoms with Gasteiger partial charge in [0.1, 0.15) is 5.82 Å². The monoisotopic (exact) mass is 442 g/mol. The Morgan fingerprint density at radius 3 is 2.52 bits per heavy atom. The molecule has 2 heterocycles. The molecule has 0 spiro atoms. The number of hydrogen-bond donors (Lipinski definition) is 3. The van der Waals surface area contributed by atoms with Crippen LogP contribution in [0.4, 0.5) is 0 Å². The molecular weight excluding hydrogens is 412 g/mol. The van der Waals surface area contributed by atoms with E-state index in [1.165, 1.54) is 11.1 Å². The van der Waals surface area contributed by atoms with Crippen LogP contribution in [0.5, 0.6) is 0 Å².